The van der Waals surface area contributed by atoms with Gasteiger partial charge in [-0.25, -0.2) is 4.98 Å². The normalized spacial score (nSPS) is 16.4. The number of pyridine rings is 1. The van der Waals surface area contributed by atoms with Crippen molar-refractivity contribution in [1.82, 2.24) is 15.0 Å². The minimum Gasteiger partial charge on any atom is -0.337 e. The first kappa shape index (κ1) is 14.7. The molecule has 0 saturated carbocycles. The van der Waals surface area contributed by atoms with Crippen LogP contribution in [-0.4, -0.2) is 45.5 Å². The van der Waals surface area contributed by atoms with Crippen LogP contribution >= 0.6 is 21.6 Å². The van der Waals surface area contributed by atoms with Crippen molar-refractivity contribution in [2.45, 2.75) is 19.8 Å². The van der Waals surface area contributed by atoms with Crippen LogP contribution in [0.15, 0.2) is 16.8 Å². The minimum absolute atomic E-state index is 0.0448. The molecule has 2 aromatic heterocycles. The third kappa shape index (κ3) is 3.03. The SMILES string of the molecule is CC(C)c1noc2ncc(C(=O)N3CCSSCC3)cc12. The first-order chi connectivity index (χ1) is 10.2. The number of carbonyl (C=O) groups excluding carboxylic acids is 1. The van der Waals surface area contributed by atoms with E-state index >= 15 is 0 Å². The highest BCUT2D eigenvalue weighted by molar-refractivity contribution is 8.76. The van der Waals surface area contributed by atoms with E-state index in [4.69, 9.17) is 4.52 Å². The second-order valence-electron chi connectivity index (χ2n) is 5.24. The Morgan fingerprint density at radius 3 is 2.71 bits per heavy atom. The molecule has 0 aliphatic carbocycles. The fourth-order valence-electron chi connectivity index (χ4n) is 2.29. The van der Waals surface area contributed by atoms with Gasteiger partial charge in [0.2, 0.25) is 0 Å². The monoisotopic (exact) mass is 323 g/mol. The molecular formula is C14H17N3O2S2. The number of carbonyl (C=O) groups is 1. The van der Waals surface area contributed by atoms with Gasteiger partial charge in [0.1, 0.15) is 0 Å². The van der Waals surface area contributed by atoms with Crippen molar-refractivity contribution in [3.8, 4) is 0 Å². The van der Waals surface area contributed by atoms with Crippen LogP contribution < -0.4 is 0 Å². The van der Waals surface area contributed by atoms with E-state index in [1.165, 1.54) is 0 Å². The molecule has 1 aliphatic heterocycles. The number of nitrogens with zero attached hydrogens (tertiary/aromatic N) is 3. The van der Waals surface area contributed by atoms with E-state index in [0.29, 0.717) is 11.3 Å². The molecule has 1 saturated heterocycles. The predicted molar refractivity (Wildman–Crippen MR) is 86.7 cm³/mol. The molecule has 21 heavy (non-hydrogen) atoms. The molecule has 1 fully saturated rings. The summed E-state index contributed by atoms with van der Waals surface area (Å²) in [5, 5.41) is 4.90. The van der Waals surface area contributed by atoms with E-state index in [1.807, 2.05) is 32.6 Å². The van der Waals surface area contributed by atoms with Crippen LogP contribution in [0.3, 0.4) is 0 Å². The van der Waals surface area contributed by atoms with E-state index in [1.54, 1.807) is 6.20 Å². The van der Waals surface area contributed by atoms with Crippen LogP contribution in [0.1, 0.15) is 35.8 Å². The number of amides is 1. The highest BCUT2D eigenvalue weighted by Gasteiger charge is 2.20. The standard InChI is InChI=1S/C14H17N3O2S2/c1-9(2)12-11-7-10(8-15-13(11)19-16-12)14(18)17-3-5-20-21-6-4-17/h7-9H,3-6H2,1-2H3. The largest absolute Gasteiger partial charge is 0.337 e. The molecule has 7 heteroatoms. The molecule has 0 N–H and O–H groups in total. The zero-order chi connectivity index (χ0) is 14.8. The van der Waals surface area contributed by atoms with Crippen molar-refractivity contribution < 1.29 is 9.32 Å². The molecule has 2 aromatic rings. The first-order valence-electron chi connectivity index (χ1n) is 6.96. The van der Waals surface area contributed by atoms with Crippen LogP contribution in [0.4, 0.5) is 0 Å². The fraction of sp³-hybridized carbons (Fsp3) is 0.500. The Balaban J connectivity index is 1.92. The number of aromatic nitrogens is 2. The van der Waals surface area contributed by atoms with Crippen molar-refractivity contribution in [3.63, 3.8) is 0 Å². The number of hydrogen-bond acceptors (Lipinski definition) is 6. The van der Waals surface area contributed by atoms with Crippen molar-refractivity contribution >= 4 is 38.6 Å². The predicted octanol–water partition coefficient (Wildman–Crippen LogP) is 3.18. The molecular weight excluding hydrogens is 306 g/mol. The van der Waals surface area contributed by atoms with Gasteiger partial charge in [0.05, 0.1) is 16.6 Å². The number of fused-ring (bicyclic) bond motifs is 1. The van der Waals surface area contributed by atoms with Gasteiger partial charge in [-0.05, 0) is 12.0 Å². The molecule has 112 valence electrons. The lowest BCUT2D eigenvalue weighted by atomic mass is 10.1. The van der Waals surface area contributed by atoms with Gasteiger partial charge in [0.15, 0.2) is 0 Å². The van der Waals surface area contributed by atoms with Gasteiger partial charge in [-0.1, -0.05) is 40.6 Å². The van der Waals surface area contributed by atoms with E-state index in [0.717, 1.165) is 35.7 Å². The average Bonchev–Trinajstić information content (AvgIpc) is 2.72. The van der Waals surface area contributed by atoms with Crippen LogP contribution in [0.5, 0.6) is 0 Å². The third-order valence-electron chi connectivity index (χ3n) is 3.41. The summed E-state index contributed by atoms with van der Waals surface area (Å²) in [5.74, 6) is 2.22. The average molecular weight is 323 g/mol. The van der Waals surface area contributed by atoms with Crippen molar-refractivity contribution in [2.75, 3.05) is 24.6 Å². The van der Waals surface area contributed by atoms with Crippen molar-refractivity contribution in [1.29, 1.82) is 0 Å². The van der Waals surface area contributed by atoms with Crippen LogP contribution in [0.25, 0.3) is 11.1 Å². The second-order valence-corrected chi connectivity index (χ2v) is 7.94. The number of rotatable bonds is 2. The van der Waals surface area contributed by atoms with Crippen molar-refractivity contribution in [2.24, 2.45) is 0 Å². The summed E-state index contributed by atoms with van der Waals surface area (Å²) in [7, 11) is 3.65. The molecule has 3 heterocycles. The zero-order valence-corrected chi connectivity index (χ0v) is 13.7. The summed E-state index contributed by atoms with van der Waals surface area (Å²) >= 11 is 0. The van der Waals surface area contributed by atoms with Gasteiger partial charge in [0.25, 0.3) is 11.6 Å². The Bertz CT molecular complexity index is 649. The Hall–Kier alpha value is -1.21. The Labute approximate surface area is 131 Å². The van der Waals surface area contributed by atoms with Gasteiger partial charge in [-0.3, -0.25) is 4.79 Å². The summed E-state index contributed by atoms with van der Waals surface area (Å²) in [4.78, 5) is 18.8. The Kier molecular flexibility index (Phi) is 4.40. The lowest BCUT2D eigenvalue weighted by Gasteiger charge is -2.19. The lowest BCUT2D eigenvalue weighted by Crippen LogP contribution is -2.33. The van der Waals surface area contributed by atoms with Crippen LogP contribution in [-0.2, 0) is 0 Å². The van der Waals surface area contributed by atoms with Gasteiger partial charge < -0.3 is 9.42 Å². The molecule has 0 spiro atoms. The third-order valence-corrected chi connectivity index (χ3v) is 5.78. The summed E-state index contributed by atoms with van der Waals surface area (Å²) in [5.41, 5.74) is 1.97. The molecule has 0 atom stereocenters. The minimum atomic E-state index is 0.0448. The summed E-state index contributed by atoms with van der Waals surface area (Å²) in [6.45, 7) is 5.68. The zero-order valence-electron chi connectivity index (χ0n) is 12.0. The molecule has 5 nitrogen and oxygen atoms in total. The molecule has 1 aliphatic rings. The summed E-state index contributed by atoms with van der Waals surface area (Å²) < 4.78 is 5.22. The maximum atomic E-state index is 12.6. The van der Waals surface area contributed by atoms with Crippen LogP contribution in [0, 0.1) is 0 Å². The summed E-state index contributed by atoms with van der Waals surface area (Å²) in [6, 6.07) is 1.86. The summed E-state index contributed by atoms with van der Waals surface area (Å²) in [6.07, 6.45) is 1.59. The topological polar surface area (TPSA) is 59.2 Å². The van der Waals surface area contributed by atoms with Crippen LogP contribution in [0.2, 0.25) is 0 Å². The molecule has 1 amide bonds. The van der Waals surface area contributed by atoms with Crippen molar-refractivity contribution in [3.05, 3.63) is 23.5 Å². The van der Waals surface area contributed by atoms with Gasteiger partial charge in [-0.15, -0.1) is 0 Å². The molecule has 0 radical (unpaired) electrons. The highest BCUT2D eigenvalue weighted by Crippen LogP contribution is 2.26. The van der Waals surface area contributed by atoms with Gasteiger partial charge in [0, 0.05) is 30.8 Å². The second kappa shape index (κ2) is 6.27. The maximum absolute atomic E-state index is 12.6. The smallest absolute Gasteiger partial charge is 0.257 e. The maximum Gasteiger partial charge on any atom is 0.257 e. The van der Waals surface area contributed by atoms with E-state index in [-0.39, 0.29) is 11.8 Å². The first-order valence-corrected chi connectivity index (χ1v) is 9.44. The Morgan fingerprint density at radius 1 is 1.33 bits per heavy atom. The van der Waals surface area contributed by atoms with E-state index in [9.17, 15) is 4.79 Å². The van der Waals surface area contributed by atoms with Gasteiger partial charge >= 0.3 is 0 Å². The Morgan fingerprint density at radius 2 is 2.05 bits per heavy atom. The number of hydrogen-bond donors (Lipinski definition) is 0. The molecule has 0 unspecified atom stereocenters. The molecule has 0 bridgehead atoms. The fourth-order valence-corrected chi connectivity index (χ4v) is 4.27. The van der Waals surface area contributed by atoms with E-state index in [2.05, 4.69) is 24.0 Å². The highest BCUT2D eigenvalue weighted by atomic mass is 33.1. The lowest BCUT2D eigenvalue weighted by molar-refractivity contribution is 0.0776. The van der Waals surface area contributed by atoms with Gasteiger partial charge in [-0.2, -0.15) is 0 Å². The van der Waals surface area contributed by atoms with E-state index < -0.39 is 0 Å². The molecule has 0 aromatic carbocycles. The molecule has 3 rings (SSSR count). The quantitative estimate of drug-likeness (QED) is 0.791.